The van der Waals surface area contributed by atoms with Crippen molar-refractivity contribution in [2.45, 2.75) is 25.5 Å². The van der Waals surface area contributed by atoms with Gasteiger partial charge in [-0.15, -0.1) is 0 Å². The highest BCUT2D eigenvalue weighted by molar-refractivity contribution is 5.69. The third kappa shape index (κ3) is 0.909. The fraction of sp³-hybridized carbons (Fsp3) is 0.875. The molecule has 4 nitrogen and oxygen atoms in total. The van der Waals surface area contributed by atoms with Crippen molar-refractivity contribution in [2.24, 2.45) is 5.92 Å². The lowest BCUT2D eigenvalue weighted by atomic mass is 9.83. The van der Waals surface area contributed by atoms with Gasteiger partial charge in [0, 0.05) is 12.5 Å². The van der Waals surface area contributed by atoms with E-state index in [9.17, 15) is 9.90 Å². The van der Waals surface area contributed by atoms with Crippen LogP contribution in [-0.2, 0) is 4.74 Å². The zero-order chi connectivity index (χ0) is 8.72. The molecule has 3 atom stereocenters. The minimum atomic E-state index is -0.297. The van der Waals surface area contributed by atoms with Crippen LogP contribution in [-0.4, -0.2) is 41.4 Å². The van der Waals surface area contributed by atoms with Crippen molar-refractivity contribution in [1.82, 2.24) is 4.90 Å². The molecule has 0 aromatic heterocycles. The molecule has 3 fully saturated rings. The van der Waals surface area contributed by atoms with Crippen LogP contribution in [0.3, 0.4) is 0 Å². The monoisotopic (exact) mass is 171 g/mol. The van der Waals surface area contributed by atoms with Crippen molar-refractivity contribution >= 4 is 6.09 Å². The number of carbonyl (C=O) groups is 1. The Balaban J connectivity index is 1.94. The number of aliphatic hydroxyl groups is 1. The van der Waals surface area contributed by atoms with Gasteiger partial charge in [-0.1, -0.05) is 0 Å². The van der Waals surface area contributed by atoms with Gasteiger partial charge in [-0.25, -0.2) is 4.79 Å². The fourth-order valence-corrected chi connectivity index (χ4v) is 2.01. The van der Waals surface area contributed by atoms with Crippen LogP contribution in [0.15, 0.2) is 0 Å². The maximum absolute atomic E-state index is 11.2. The first-order valence-corrected chi connectivity index (χ1v) is 4.35. The number of aliphatic hydroxyl groups excluding tert-OH is 1. The van der Waals surface area contributed by atoms with Gasteiger partial charge in [0.05, 0.1) is 18.8 Å². The van der Waals surface area contributed by atoms with E-state index in [1.807, 2.05) is 0 Å². The molecule has 3 rings (SSSR count). The number of ether oxygens (including phenoxy) is 1. The summed E-state index contributed by atoms with van der Waals surface area (Å²) in [6.07, 6.45) is 0.371. The van der Waals surface area contributed by atoms with Gasteiger partial charge in [-0.05, 0) is 13.3 Å². The molecule has 1 aliphatic carbocycles. The minimum Gasteiger partial charge on any atom is -0.450 e. The second-order valence-electron chi connectivity index (χ2n) is 3.41. The van der Waals surface area contributed by atoms with E-state index in [2.05, 4.69) is 0 Å². The first-order valence-electron chi connectivity index (χ1n) is 4.35. The third-order valence-corrected chi connectivity index (χ3v) is 2.76. The summed E-state index contributed by atoms with van der Waals surface area (Å²) >= 11 is 0. The highest BCUT2D eigenvalue weighted by Gasteiger charge is 2.53. The van der Waals surface area contributed by atoms with Crippen LogP contribution in [0.4, 0.5) is 4.79 Å². The zero-order valence-electron chi connectivity index (χ0n) is 7.06. The topological polar surface area (TPSA) is 49.8 Å². The largest absolute Gasteiger partial charge is 0.450 e. The maximum atomic E-state index is 11.2. The van der Waals surface area contributed by atoms with Gasteiger partial charge in [-0.3, -0.25) is 0 Å². The Hall–Kier alpha value is -0.770. The van der Waals surface area contributed by atoms with E-state index in [0.29, 0.717) is 19.1 Å². The number of hydrogen-bond donors (Lipinski definition) is 1. The summed E-state index contributed by atoms with van der Waals surface area (Å²) in [5.74, 6) is 0.305. The van der Waals surface area contributed by atoms with Gasteiger partial charge >= 0.3 is 6.09 Å². The van der Waals surface area contributed by atoms with Crippen molar-refractivity contribution < 1.29 is 14.6 Å². The maximum Gasteiger partial charge on any atom is 0.410 e. The molecule has 2 aliphatic heterocycles. The van der Waals surface area contributed by atoms with Crippen LogP contribution in [0.5, 0.6) is 0 Å². The first kappa shape index (κ1) is 7.86. The van der Waals surface area contributed by atoms with Crippen LogP contribution in [0.1, 0.15) is 13.3 Å². The lowest BCUT2D eigenvalue weighted by Crippen LogP contribution is -2.45. The molecule has 2 bridgehead atoms. The molecule has 3 aliphatic rings. The van der Waals surface area contributed by atoms with Crippen molar-refractivity contribution in [2.75, 3.05) is 13.2 Å². The molecule has 0 aromatic carbocycles. The predicted molar refractivity (Wildman–Crippen MR) is 41.6 cm³/mol. The fourth-order valence-electron chi connectivity index (χ4n) is 2.01. The third-order valence-electron chi connectivity index (χ3n) is 2.76. The minimum absolute atomic E-state index is 0.0362. The molecule has 2 heterocycles. The first-order chi connectivity index (χ1) is 5.74. The highest BCUT2D eigenvalue weighted by atomic mass is 16.6. The number of fused-ring (bicyclic) bond motifs is 1. The van der Waals surface area contributed by atoms with E-state index >= 15 is 0 Å². The SMILES string of the molecule is CCOC(=O)N1C[C@@H]2C[C@H]1[C@H]2O. The van der Waals surface area contributed by atoms with E-state index < -0.39 is 0 Å². The van der Waals surface area contributed by atoms with Crippen LogP contribution >= 0.6 is 0 Å². The average molecular weight is 171 g/mol. The number of nitrogens with zero attached hydrogens (tertiary/aromatic N) is 1. The molecule has 1 saturated carbocycles. The molecular weight excluding hydrogens is 158 g/mol. The van der Waals surface area contributed by atoms with Crippen LogP contribution < -0.4 is 0 Å². The molecule has 0 radical (unpaired) electrons. The summed E-state index contributed by atoms with van der Waals surface area (Å²) in [4.78, 5) is 12.9. The molecule has 1 N–H and O–H groups in total. The summed E-state index contributed by atoms with van der Waals surface area (Å²) in [6.45, 7) is 2.86. The van der Waals surface area contributed by atoms with E-state index in [4.69, 9.17) is 4.74 Å². The summed E-state index contributed by atoms with van der Waals surface area (Å²) in [5.41, 5.74) is 0. The molecule has 68 valence electrons. The van der Waals surface area contributed by atoms with E-state index in [1.165, 1.54) is 0 Å². The van der Waals surface area contributed by atoms with Crippen LogP contribution in [0.2, 0.25) is 0 Å². The molecule has 2 saturated heterocycles. The van der Waals surface area contributed by atoms with Gasteiger partial charge in [0.1, 0.15) is 0 Å². The average Bonchev–Trinajstić information content (AvgIpc) is 2.60. The number of carbonyl (C=O) groups excluding carboxylic acids is 1. The van der Waals surface area contributed by atoms with Crippen molar-refractivity contribution in [3.05, 3.63) is 0 Å². The lowest BCUT2D eigenvalue weighted by Gasteiger charge is -2.31. The van der Waals surface area contributed by atoms with Gasteiger partial charge in [0.25, 0.3) is 0 Å². The summed E-state index contributed by atoms with van der Waals surface area (Å²) in [6, 6.07) is 0.0362. The Morgan fingerprint density at radius 2 is 2.50 bits per heavy atom. The Labute approximate surface area is 71.1 Å². The second-order valence-corrected chi connectivity index (χ2v) is 3.41. The van der Waals surface area contributed by atoms with Crippen molar-refractivity contribution in [3.63, 3.8) is 0 Å². The van der Waals surface area contributed by atoms with Gasteiger partial charge in [-0.2, -0.15) is 0 Å². The van der Waals surface area contributed by atoms with Crippen LogP contribution in [0, 0.1) is 5.92 Å². The van der Waals surface area contributed by atoms with E-state index in [0.717, 1.165) is 6.42 Å². The molecule has 4 heteroatoms. The van der Waals surface area contributed by atoms with Gasteiger partial charge < -0.3 is 14.7 Å². The quantitative estimate of drug-likeness (QED) is 0.613. The zero-order valence-corrected chi connectivity index (χ0v) is 7.06. The van der Waals surface area contributed by atoms with E-state index in [1.54, 1.807) is 11.8 Å². The molecule has 12 heavy (non-hydrogen) atoms. The Morgan fingerprint density at radius 3 is 2.92 bits per heavy atom. The van der Waals surface area contributed by atoms with Gasteiger partial charge in [0.2, 0.25) is 0 Å². The normalized spacial score (nSPS) is 37.8. The van der Waals surface area contributed by atoms with Gasteiger partial charge in [0.15, 0.2) is 0 Å². The molecule has 1 amide bonds. The number of rotatable bonds is 1. The molecule has 0 unspecified atom stereocenters. The standard InChI is InChI=1S/C8H13NO3/c1-2-12-8(11)9-4-5-3-6(9)7(5)10/h5-7,10H,2-4H2,1H3/t5-,6-,7-/m0/s1. The highest BCUT2D eigenvalue weighted by Crippen LogP contribution is 2.41. The Kier molecular flexibility index (Phi) is 1.72. The molecular formula is C8H13NO3. The Bertz CT molecular complexity index is 206. The van der Waals surface area contributed by atoms with Crippen LogP contribution in [0.25, 0.3) is 0 Å². The smallest absolute Gasteiger partial charge is 0.410 e. The summed E-state index contributed by atoms with van der Waals surface area (Å²) in [7, 11) is 0. The predicted octanol–water partition coefficient (Wildman–Crippen LogP) is 0.208. The molecule has 0 aromatic rings. The molecule has 0 spiro atoms. The van der Waals surface area contributed by atoms with Crippen molar-refractivity contribution in [3.8, 4) is 0 Å². The van der Waals surface area contributed by atoms with Crippen molar-refractivity contribution in [1.29, 1.82) is 0 Å². The summed E-state index contributed by atoms with van der Waals surface area (Å²) < 4.78 is 4.85. The summed E-state index contributed by atoms with van der Waals surface area (Å²) in [5, 5.41) is 9.39. The Morgan fingerprint density at radius 1 is 1.75 bits per heavy atom. The number of amides is 1. The lowest BCUT2D eigenvalue weighted by molar-refractivity contribution is 0.0193. The van der Waals surface area contributed by atoms with E-state index in [-0.39, 0.29) is 18.2 Å². The second kappa shape index (κ2) is 2.62. The number of hydrogen-bond acceptors (Lipinski definition) is 3.